The quantitative estimate of drug-likeness (QED) is 0.457. The predicted molar refractivity (Wildman–Crippen MR) is 50.7 cm³/mol. The van der Waals surface area contributed by atoms with Crippen LogP contribution in [0.15, 0.2) is 0 Å². The fourth-order valence-electron chi connectivity index (χ4n) is 0.918. The Labute approximate surface area is 88.4 Å². The summed E-state index contributed by atoms with van der Waals surface area (Å²) in [5, 5.41) is 8.38. The van der Waals surface area contributed by atoms with Crippen LogP contribution in [-0.2, 0) is 19.1 Å². The third kappa shape index (κ3) is 4.98. The minimum atomic E-state index is -0.927. The zero-order valence-corrected chi connectivity index (χ0v) is 8.86. The third-order valence-electron chi connectivity index (χ3n) is 1.71. The number of nitriles is 1. The van der Waals surface area contributed by atoms with Gasteiger partial charge in [-0.15, -0.1) is 0 Å². The molecule has 0 rings (SSSR count). The molecule has 6 nitrogen and oxygen atoms in total. The zero-order chi connectivity index (χ0) is 11.7. The van der Waals surface area contributed by atoms with Crippen LogP contribution in [0, 0.1) is 11.3 Å². The van der Waals surface area contributed by atoms with E-state index in [1.807, 2.05) is 6.07 Å². The molecule has 0 bridgehead atoms. The summed E-state index contributed by atoms with van der Waals surface area (Å²) in [6, 6.07) is 1.90. The van der Waals surface area contributed by atoms with Gasteiger partial charge in [-0.05, 0) is 0 Å². The second kappa shape index (κ2) is 7.76. The first-order valence-electron chi connectivity index (χ1n) is 4.40. The highest BCUT2D eigenvalue weighted by atomic mass is 16.5. The molecule has 0 saturated heterocycles. The highest BCUT2D eigenvalue weighted by Gasteiger charge is 2.21. The van der Waals surface area contributed by atoms with Crippen molar-refractivity contribution in [2.45, 2.75) is 6.42 Å². The molecule has 6 heteroatoms. The molecule has 0 heterocycles. The van der Waals surface area contributed by atoms with Crippen LogP contribution in [0.25, 0.3) is 0 Å². The Morgan fingerprint density at radius 3 is 2.47 bits per heavy atom. The van der Waals surface area contributed by atoms with Crippen LogP contribution >= 0.6 is 0 Å². The van der Waals surface area contributed by atoms with Gasteiger partial charge in [0.15, 0.2) is 0 Å². The standard InChI is InChI=1S/C9H14N2O4/c1-14-7-6-11(5-3-4-10)8(12)9(13)15-2/h3,5-7H2,1-2H3. The third-order valence-corrected chi connectivity index (χ3v) is 1.71. The summed E-state index contributed by atoms with van der Waals surface area (Å²) in [6.07, 6.45) is 0.173. The molecule has 0 aliphatic rings. The summed E-state index contributed by atoms with van der Waals surface area (Å²) in [5.74, 6) is -1.67. The van der Waals surface area contributed by atoms with Crippen molar-refractivity contribution in [3.8, 4) is 6.07 Å². The molecule has 15 heavy (non-hydrogen) atoms. The van der Waals surface area contributed by atoms with Gasteiger partial charge in [-0.1, -0.05) is 0 Å². The summed E-state index contributed by atoms with van der Waals surface area (Å²) in [4.78, 5) is 23.5. The van der Waals surface area contributed by atoms with Crippen LogP contribution in [0.1, 0.15) is 6.42 Å². The number of carbonyl (C=O) groups is 2. The highest BCUT2D eigenvalue weighted by molar-refractivity contribution is 6.32. The molecule has 0 unspecified atom stereocenters. The van der Waals surface area contributed by atoms with Crippen molar-refractivity contribution in [2.24, 2.45) is 0 Å². The van der Waals surface area contributed by atoms with E-state index < -0.39 is 11.9 Å². The largest absolute Gasteiger partial charge is 0.462 e. The van der Waals surface area contributed by atoms with Crippen molar-refractivity contribution in [2.75, 3.05) is 33.9 Å². The van der Waals surface area contributed by atoms with Gasteiger partial charge in [0.2, 0.25) is 0 Å². The van der Waals surface area contributed by atoms with E-state index in [-0.39, 0.29) is 19.5 Å². The van der Waals surface area contributed by atoms with E-state index in [0.717, 1.165) is 7.11 Å². The SMILES string of the molecule is COCCN(CCC#N)C(=O)C(=O)OC. The number of hydrogen-bond donors (Lipinski definition) is 0. The molecule has 0 saturated carbocycles. The summed E-state index contributed by atoms with van der Waals surface area (Å²) < 4.78 is 9.09. The fourth-order valence-corrected chi connectivity index (χ4v) is 0.918. The Kier molecular flexibility index (Phi) is 6.93. The monoisotopic (exact) mass is 214 g/mol. The average Bonchev–Trinajstić information content (AvgIpc) is 2.27. The minimum absolute atomic E-state index is 0.173. The van der Waals surface area contributed by atoms with Gasteiger partial charge in [-0.25, -0.2) is 4.79 Å². The first kappa shape index (κ1) is 13.4. The van der Waals surface area contributed by atoms with Crippen LogP contribution in [0.3, 0.4) is 0 Å². The molecule has 0 N–H and O–H groups in total. The molecule has 84 valence electrons. The number of amides is 1. The molecule has 0 aromatic carbocycles. The number of nitrogens with zero attached hydrogens (tertiary/aromatic N) is 2. The van der Waals surface area contributed by atoms with Crippen LogP contribution in [0.4, 0.5) is 0 Å². The molecule has 0 aliphatic carbocycles. The smallest absolute Gasteiger partial charge is 0.396 e. The van der Waals surface area contributed by atoms with Crippen LogP contribution in [0.5, 0.6) is 0 Å². The van der Waals surface area contributed by atoms with Gasteiger partial charge in [-0.3, -0.25) is 4.79 Å². The van der Waals surface area contributed by atoms with Crippen molar-refractivity contribution in [1.29, 1.82) is 5.26 Å². The van der Waals surface area contributed by atoms with E-state index >= 15 is 0 Å². The molecule has 0 aromatic rings. The Morgan fingerprint density at radius 2 is 2.00 bits per heavy atom. The van der Waals surface area contributed by atoms with Crippen molar-refractivity contribution >= 4 is 11.9 Å². The minimum Gasteiger partial charge on any atom is -0.462 e. The van der Waals surface area contributed by atoms with Gasteiger partial charge in [0, 0.05) is 20.2 Å². The number of carbonyl (C=O) groups excluding carboxylic acids is 2. The van der Waals surface area contributed by atoms with Crippen LogP contribution < -0.4 is 0 Å². The maximum absolute atomic E-state index is 11.4. The number of rotatable bonds is 5. The van der Waals surface area contributed by atoms with Crippen molar-refractivity contribution < 1.29 is 19.1 Å². The number of methoxy groups -OCH3 is 2. The van der Waals surface area contributed by atoms with Gasteiger partial charge >= 0.3 is 11.9 Å². The summed E-state index contributed by atoms with van der Waals surface area (Å²) in [6.45, 7) is 0.786. The molecule has 0 fully saturated rings. The second-order valence-corrected chi connectivity index (χ2v) is 2.68. The lowest BCUT2D eigenvalue weighted by molar-refractivity contribution is -0.158. The van der Waals surface area contributed by atoms with Crippen molar-refractivity contribution in [3.05, 3.63) is 0 Å². The molecule has 0 aromatic heterocycles. The molecule has 0 radical (unpaired) electrons. The van der Waals surface area contributed by atoms with Gasteiger partial charge in [0.25, 0.3) is 0 Å². The molecule has 0 aliphatic heterocycles. The summed E-state index contributed by atoms with van der Waals surface area (Å²) in [7, 11) is 2.63. The fraction of sp³-hybridized carbons (Fsp3) is 0.667. The van der Waals surface area contributed by atoms with Crippen molar-refractivity contribution in [1.82, 2.24) is 4.90 Å². The molecule has 1 amide bonds. The average molecular weight is 214 g/mol. The van der Waals surface area contributed by atoms with E-state index in [4.69, 9.17) is 10.00 Å². The van der Waals surface area contributed by atoms with Crippen molar-refractivity contribution in [3.63, 3.8) is 0 Å². The highest BCUT2D eigenvalue weighted by Crippen LogP contribution is 1.94. The topological polar surface area (TPSA) is 79.6 Å². The van der Waals surface area contributed by atoms with Crippen LogP contribution in [0.2, 0.25) is 0 Å². The molecule has 0 atom stereocenters. The van der Waals surface area contributed by atoms with Crippen LogP contribution in [-0.4, -0.2) is 50.7 Å². The molecular formula is C9H14N2O4. The Hall–Kier alpha value is -1.61. The molecular weight excluding hydrogens is 200 g/mol. The van der Waals surface area contributed by atoms with Gasteiger partial charge in [-0.2, -0.15) is 5.26 Å². The van der Waals surface area contributed by atoms with E-state index in [9.17, 15) is 9.59 Å². The van der Waals surface area contributed by atoms with Gasteiger partial charge < -0.3 is 14.4 Å². The lowest BCUT2D eigenvalue weighted by atomic mass is 10.3. The van der Waals surface area contributed by atoms with E-state index in [2.05, 4.69) is 4.74 Å². The summed E-state index contributed by atoms with van der Waals surface area (Å²) in [5.41, 5.74) is 0. The summed E-state index contributed by atoms with van der Waals surface area (Å²) >= 11 is 0. The second-order valence-electron chi connectivity index (χ2n) is 2.68. The normalized spacial score (nSPS) is 9.13. The predicted octanol–water partition coefficient (Wildman–Crippen LogP) is -0.452. The Balaban J connectivity index is 4.27. The van der Waals surface area contributed by atoms with E-state index in [1.54, 1.807) is 0 Å². The number of hydrogen-bond acceptors (Lipinski definition) is 5. The maximum atomic E-state index is 11.4. The van der Waals surface area contributed by atoms with Gasteiger partial charge in [0.05, 0.1) is 26.2 Å². The molecule has 0 spiro atoms. The first-order valence-corrected chi connectivity index (χ1v) is 4.40. The number of esters is 1. The van der Waals surface area contributed by atoms with Gasteiger partial charge in [0.1, 0.15) is 0 Å². The lowest BCUT2D eigenvalue weighted by Gasteiger charge is -2.19. The van der Waals surface area contributed by atoms with E-state index in [0.29, 0.717) is 6.61 Å². The Morgan fingerprint density at radius 1 is 1.33 bits per heavy atom. The maximum Gasteiger partial charge on any atom is 0.396 e. The van der Waals surface area contributed by atoms with E-state index in [1.165, 1.54) is 12.0 Å². The first-order chi connectivity index (χ1) is 7.17. The lowest BCUT2D eigenvalue weighted by Crippen LogP contribution is -2.39. The Bertz CT molecular complexity index is 259. The zero-order valence-electron chi connectivity index (χ0n) is 8.86. The number of ether oxygens (including phenoxy) is 2.